The smallest absolute Gasteiger partial charge is 0.271 e. The molecule has 1 aromatic heterocycles. The highest BCUT2D eigenvalue weighted by atomic mass is 16.5. The molecule has 0 fully saturated rings. The minimum Gasteiger partial charge on any atom is -0.394 e. The van der Waals surface area contributed by atoms with Crippen LogP contribution in [0.3, 0.4) is 0 Å². The van der Waals surface area contributed by atoms with E-state index in [0.717, 1.165) is 17.7 Å². The van der Waals surface area contributed by atoms with Crippen molar-refractivity contribution in [2.45, 2.75) is 13.0 Å². The molecule has 12 heavy (non-hydrogen) atoms. The SMILES string of the molecule is Nc1cc2c([nH]c1=O)COCC2. The summed E-state index contributed by atoms with van der Waals surface area (Å²) in [5.74, 6) is 0. The number of hydrogen-bond donors (Lipinski definition) is 2. The Bertz CT molecular complexity index is 357. The van der Waals surface area contributed by atoms with Crippen LogP contribution in [-0.4, -0.2) is 11.6 Å². The zero-order chi connectivity index (χ0) is 8.55. The number of hydrogen-bond acceptors (Lipinski definition) is 3. The van der Waals surface area contributed by atoms with E-state index in [4.69, 9.17) is 10.5 Å². The van der Waals surface area contributed by atoms with E-state index < -0.39 is 0 Å². The van der Waals surface area contributed by atoms with Crippen LogP contribution in [0.5, 0.6) is 0 Å². The van der Waals surface area contributed by atoms with Crippen molar-refractivity contribution < 1.29 is 4.74 Å². The van der Waals surface area contributed by atoms with E-state index in [1.807, 2.05) is 0 Å². The van der Waals surface area contributed by atoms with Gasteiger partial charge in [-0.1, -0.05) is 0 Å². The molecule has 1 aromatic rings. The molecule has 0 saturated heterocycles. The zero-order valence-corrected chi connectivity index (χ0v) is 6.59. The molecule has 64 valence electrons. The van der Waals surface area contributed by atoms with Gasteiger partial charge in [-0.05, 0) is 18.1 Å². The van der Waals surface area contributed by atoms with Gasteiger partial charge in [-0.25, -0.2) is 0 Å². The van der Waals surface area contributed by atoms with Gasteiger partial charge in [0.2, 0.25) is 0 Å². The maximum Gasteiger partial charge on any atom is 0.271 e. The third-order valence-corrected chi connectivity index (χ3v) is 2.01. The third kappa shape index (κ3) is 1.10. The Balaban J connectivity index is 2.56. The molecule has 0 radical (unpaired) electrons. The van der Waals surface area contributed by atoms with Crippen LogP contribution in [0.2, 0.25) is 0 Å². The fourth-order valence-electron chi connectivity index (χ4n) is 1.34. The predicted octanol–water partition coefficient (Wildman–Crippen LogP) is 0.0298. The van der Waals surface area contributed by atoms with Gasteiger partial charge in [-0.15, -0.1) is 0 Å². The fraction of sp³-hybridized carbons (Fsp3) is 0.375. The summed E-state index contributed by atoms with van der Waals surface area (Å²) in [6.07, 6.45) is 0.830. The second-order valence-corrected chi connectivity index (χ2v) is 2.86. The van der Waals surface area contributed by atoms with E-state index in [0.29, 0.717) is 13.2 Å². The van der Waals surface area contributed by atoms with Gasteiger partial charge in [-0.3, -0.25) is 4.79 Å². The van der Waals surface area contributed by atoms with Crippen molar-refractivity contribution in [1.82, 2.24) is 4.98 Å². The lowest BCUT2D eigenvalue weighted by atomic mass is 10.1. The molecule has 1 aliphatic heterocycles. The fourth-order valence-corrected chi connectivity index (χ4v) is 1.34. The van der Waals surface area contributed by atoms with Crippen LogP contribution in [-0.2, 0) is 17.8 Å². The normalized spacial score (nSPS) is 15.7. The van der Waals surface area contributed by atoms with Crippen LogP contribution < -0.4 is 11.3 Å². The molecule has 3 N–H and O–H groups in total. The van der Waals surface area contributed by atoms with Crippen molar-refractivity contribution in [2.24, 2.45) is 0 Å². The highest BCUT2D eigenvalue weighted by Gasteiger charge is 2.10. The summed E-state index contributed by atoms with van der Waals surface area (Å²) < 4.78 is 5.18. The van der Waals surface area contributed by atoms with E-state index in [-0.39, 0.29) is 11.2 Å². The monoisotopic (exact) mass is 166 g/mol. The molecule has 0 aromatic carbocycles. The number of nitrogens with two attached hydrogens (primary N) is 1. The van der Waals surface area contributed by atoms with E-state index in [1.54, 1.807) is 6.07 Å². The zero-order valence-electron chi connectivity index (χ0n) is 6.59. The number of fused-ring (bicyclic) bond motifs is 1. The topological polar surface area (TPSA) is 68.1 Å². The van der Waals surface area contributed by atoms with Crippen molar-refractivity contribution in [3.05, 3.63) is 27.7 Å². The number of anilines is 1. The van der Waals surface area contributed by atoms with Crippen LogP contribution in [0.1, 0.15) is 11.3 Å². The summed E-state index contributed by atoms with van der Waals surface area (Å²) in [7, 11) is 0. The quantitative estimate of drug-likeness (QED) is 0.571. The molecule has 2 heterocycles. The first-order valence-corrected chi connectivity index (χ1v) is 3.85. The number of aromatic nitrogens is 1. The van der Waals surface area contributed by atoms with Crippen molar-refractivity contribution in [3.63, 3.8) is 0 Å². The van der Waals surface area contributed by atoms with Crippen molar-refractivity contribution in [2.75, 3.05) is 12.3 Å². The highest BCUT2D eigenvalue weighted by molar-refractivity contribution is 5.40. The Labute approximate surface area is 69.4 Å². The third-order valence-electron chi connectivity index (χ3n) is 2.01. The summed E-state index contributed by atoms with van der Waals surface area (Å²) >= 11 is 0. The molecular weight excluding hydrogens is 156 g/mol. The maximum atomic E-state index is 11.1. The van der Waals surface area contributed by atoms with Crippen LogP contribution in [0.25, 0.3) is 0 Å². The van der Waals surface area contributed by atoms with Gasteiger partial charge in [0.15, 0.2) is 0 Å². The maximum absolute atomic E-state index is 11.1. The van der Waals surface area contributed by atoms with Gasteiger partial charge < -0.3 is 15.5 Å². The number of aromatic amines is 1. The first-order valence-electron chi connectivity index (χ1n) is 3.85. The summed E-state index contributed by atoms with van der Waals surface area (Å²) in [6.45, 7) is 1.20. The summed E-state index contributed by atoms with van der Waals surface area (Å²) in [4.78, 5) is 13.7. The first-order chi connectivity index (χ1) is 5.77. The number of ether oxygens (including phenoxy) is 1. The molecule has 2 rings (SSSR count). The van der Waals surface area contributed by atoms with E-state index >= 15 is 0 Å². The standard InChI is InChI=1S/C8H10N2O2/c9-6-3-5-1-2-12-4-7(5)10-8(6)11/h3H,1-2,4,9H2,(H,10,11). The molecular formula is C8H10N2O2. The average molecular weight is 166 g/mol. The number of nitrogens with one attached hydrogen (secondary N) is 1. The largest absolute Gasteiger partial charge is 0.394 e. The van der Waals surface area contributed by atoms with E-state index in [9.17, 15) is 4.79 Å². The molecule has 0 saturated carbocycles. The lowest BCUT2D eigenvalue weighted by Gasteiger charge is -2.15. The Kier molecular flexibility index (Phi) is 1.62. The van der Waals surface area contributed by atoms with Gasteiger partial charge >= 0.3 is 0 Å². The second-order valence-electron chi connectivity index (χ2n) is 2.86. The molecule has 0 spiro atoms. The Morgan fingerprint density at radius 2 is 2.42 bits per heavy atom. The lowest BCUT2D eigenvalue weighted by molar-refractivity contribution is 0.107. The van der Waals surface area contributed by atoms with Gasteiger partial charge in [-0.2, -0.15) is 0 Å². The van der Waals surface area contributed by atoms with Crippen LogP contribution in [0, 0.1) is 0 Å². The van der Waals surface area contributed by atoms with E-state index in [2.05, 4.69) is 4.98 Å². The Morgan fingerprint density at radius 1 is 1.58 bits per heavy atom. The minimum absolute atomic E-state index is 0.223. The predicted molar refractivity (Wildman–Crippen MR) is 44.8 cm³/mol. The molecule has 0 atom stereocenters. The molecule has 4 nitrogen and oxygen atoms in total. The average Bonchev–Trinajstić information content (AvgIpc) is 2.07. The summed E-state index contributed by atoms with van der Waals surface area (Å²) in [5.41, 5.74) is 7.48. The van der Waals surface area contributed by atoms with Gasteiger partial charge in [0.1, 0.15) is 0 Å². The number of H-pyrrole nitrogens is 1. The van der Waals surface area contributed by atoms with Gasteiger partial charge in [0.25, 0.3) is 5.56 Å². The molecule has 0 aliphatic carbocycles. The van der Waals surface area contributed by atoms with Crippen molar-refractivity contribution in [1.29, 1.82) is 0 Å². The number of nitrogen functional groups attached to an aromatic ring is 1. The van der Waals surface area contributed by atoms with Gasteiger partial charge in [0, 0.05) is 5.69 Å². The van der Waals surface area contributed by atoms with Crippen molar-refractivity contribution >= 4 is 5.69 Å². The number of rotatable bonds is 0. The van der Waals surface area contributed by atoms with Crippen molar-refractivity contribution in [3.8, 4) is 0 Å². The molecule has 0 unspecified atom stereocenters. The Morgan fingerprint density at radius 3 is 3.25 bits per heavy atom. The second kappa shape index (κ2) is 2.64. The minimum atomic E-state index is -0.223. The van der Waals surface area contributed by atoms with Crippen LogP contribution >= 0.6 is 0 Å². The van der Waals surface area contributed by atoms with E-state index in [1.165, 1.54) is 0 Å². The molecule has 1 aliphatic rings. The molecule has 4 heteroatoms. The molecule has 0 bridgehead atoms. The first kappa shape index (κ1) is 7.36. The summed E-state index contributed by atoms with van der Waals surface area (Å²) in [5, 5.41) is 0. The summed E-state index contributed by atoms with van der Waals surface area (Å²) in [6, 6.07) is 1.73. The molecule has 0 amide bonds. The lowest BCUT2D eigenvalue weighted by Crippen LogP contribution is -2.20. The Hall–Kier alpha value is -1.29. The highest BCUT2D eigenvalue weighted by Crippen LogP contribution is 2.13. The number of pyridine rings is 1. The van der Waals surface area contributed by atoms with Gasteiger partial charge in [0.05, 0.1) is 18.9 Å². The van der Waals surface area contributed by atoms with Crippen LogP contribution in [0.15, 0.2) is 10.9 Å². The van der Waals surface area contributed by atoms with Crippen LogP contribution in [0.4, 0.5) is 5.69 Å².